The molecular formula is C15H24N4. The van der Waals surface area contributed by atoms with Gasteiger partial charge in [0.15, 0.2) is 0 Å². The molecule has 1 heterocycles. The topological polar surface area (TPSA) is 42.7 Å². The molecule has 0 unspecified atom stereocenters. The van der Waals surface area contributed by atoms with Crippen molar-refractivity contribution in [1.29, 1.82) is 0 Å². The first kappa shape index (κ1) is 11.9. The van der Waals surface area contributed by atoms with Crippen LogP contribution in [0.5, 0.6) is 0 Å². The van der Waals surface area contributed by atoms with Crippen LogP contribution in [0, 0.1) is 30.6 Å². The van der Waals surface area contributed by atoms with Crippen LogP contribution in [0.1, 0.15) is 49.8 Å². The molecule has 0 saturated heterocycles. The molecule has 0 radical (unpaired) electrons. The largest absolute Gasteiger partial charge is 0.313 e. The van der Waals surface area contributed by atoms with Gasteiger partial charge in [0, 0.05) is 6.04 Å². The predicted molar refractivity (Wildman–Crippen MR) is 73.6 cm³/mol. The molecule has 5 rings (SSSR count). The van der Waals surface area contributed by atoms with E-state index in [0.29, 0.717) is 6.04 Å². The second-order valence-corrected chi connectivity index (χ2v) is 6.99. The Bertz CT molecular complexity index is 450. The summed E-state index contributed by atoms with van der Waals surface area (Å²) in [6.07, 6.45) is 7.33. The summed E-state index contributed by atoms with van der Waals surface area (Å²) in [5, 5.41) is 12.0. The molecule has 4 nitrogen and oxygen atoms in total. The Labute approximate surface area is 115 Å². The summed E-state index contributed by atoms with van der Waals surface area (Å²) in [5.74, 6) is 6.09. The Morgan fingerprint density at radius 1 is 1.05 bits per heavy atom. The van der Waals surface area contributed by atoms with Crippen LogP contribution in [0.4, 0.5) is 0 Å². The molecule has 1 aromatic heterocycles. The fraction of sp³-hybridized carbons (Fsp3) is 0.867. The van der Waals surface area contributed by atoms with Crippen molar-refractivity contribution in [3.05, 3.63) is 11.6 Å². The van der Waals surface area contributed by atoms with Crippen molar-refractivity contribution in [1.82, 2.24) is 20.1 Å². The molecule has 4 bridgehead atoms. The van der Waals surface area contributed by atoms with Gasteiger partial charge in [-0.2, -0.15) is 0 Å². The maximum atomic E-state index is 4.39. The maximum absolute atomic E-state index is 4.39. The molecule has 1 N–H and O–H groups in total. The van der Waals surface area contributed by atoms with Crippen molar-refractivity contribution in [3.63, 3.8) is 0 Å². The lowest BCUT2D eigenvalue weighted by molar-refractivity contribution is -0.0309. The smallest absolute Gasteiger partial charge is 0.147 e. The Kier molecular flexibility index (Phi) is 2.69. The first-order valence-electron chi connectivity index (χ1n) is 7.81. The highest BCUT2D eigenvalue weighted by molar-refractivity contribution is 5.06. The molecule has 104 valence electrons. The molecule has 19 heavy (non-hydrogen) atoms. The highest BCUT2D eigenvalue weighted by Crippen LogP contribution is 2.58. The van der Waals surface area contributed by atoms with Gasteiger partial charge in [0.1, 0.15) is 11.6 Å². The Morgan fingerprint density at radius 3 is 2.26 bits per heavy atom. The van der Waals surface area contributed by atoms with Gasteiger partial charge in [-0.3, -0.25) is 0 Å². The van der Waals surface area contributed by atoms with Crippen molar-refractivity contribution < 1.29 is 0 Å². The van der Waals surface area contributed by atoms with Crippen LogP contribution in [-0.2, 0) is 6.54 Å². The normalized spacial score (nSPS) is 40.0. The maximum Gasteiger partial charge on any atom is 0.147 e. The molecule has 0 atom stereocenters. The molecular weight excluding hydrogens is 236 g/mol. The quantitative estimate of drug-likeness (QED) is 0.907. The van der Waals surface area contributed by atoms with E-state index < -0.39 is 0 Å². The summed E-state index contributed by atoms with van der Waals surface area (Å²) in [7, 11) is 1.99. The van der Waals surface area contributed by atoms with E-state index in [1.54, 1.807) is 0 Å². The van der Waals surface area contributed by atoms with Crippen LogP contribution in [0.2, 0.25) is 0 Å². The summed E-state index contributed by atoms with van der Waals surface area (Å²) >= 11 is 0. The van der Waals surface area contributed by atoms with Gasteiger partial charge in [-0.25, -0.2) is 0 Å². The van der Waals surface area contributed by atoms with Crippen LogP contribution in [-0.4, -0.2) is 21.8 Å². The minimum absolute atomic E-state index is 0.686. The van der Waals surface area contributed by atoms with Gasteiger partial charge in [-0.05, 0) is 69.7 Å². The number of aryl methyl sites for hydroxylation is 1. The Hall–Kier alpha value is -0.900. The van der Waals surface area contributed by atoms with Crippen LogP contribution in [0.25, 0.3) is 0 Å². The fourth-order valence-electron chi connectivity index (χ4n) is 5.40. The minimum atomic E-state index is 0.686. The molecule has 4 aliphatic carbocycles. The molecule has 0 amide bonds. The van der Waals surface area contributed by atoms with Gasteiger partial charge in [0.25, 0.3) is 0 Å². The van der Waals surface area contributed by atoms with Crippen LogP contribution in [0.15, 0.2) is 0 Å². The Balaban J connectivity index is 1.70. The third-order valence-corrected chi connectivity index (χ3v) is 5.75. The molecule has 0 spiro atoms. The summed E-state index contributed by atoms with van der Waals surface area (Å²) < 4.78 is 2.48. The first-order valence-corrected chi connectivity index (χ1v) is 7.81. The van der Waals surface area contributed by atoms with E-state index in [9.17, 15) is 0 Å². The molecule has 4 aliphatic rings. The van der Waals surface area contributed by atoms with Gasteiger partial charge in [0.05, 0.1) is 6.54 Å². The number of hydrogen-bond acceptors (Lipinski definition) is 3. The van der Waals surface area contributed by atoms with E-state index in [-0.39, 0.29) is 0 Å². The summed E-state index contributed by atoms with van der Waals surface area (Å²) in [4.78, 5) is 0. The van der Waals surface area contributed by atoms with E-state index in [2.05, 4.69) is 27.0 Å². The highest BCUT2D eigenvalue weighted by Gasteiger charge is 2.49. The second kappa shape index (κ2) is 4.30. The second-order valence-electron chi connectivity index (χ2n) is 6.99. The van der Waals surface area contributed by atoms with Gasteiger partial charge < -0.3 is 9.88 Å². The molecule has 1 aromatic rings. The lowest BCUT2D eigenvalue weighted by atomic mass is 9.54. The average molecular weight is 260 g/mol. The van der Waals surface area contributed by atoms with Gasteiger partial charge in [0.2, 0.25) is 0 Å². The Morgan fingerprint density at radius 2 is 1.68 bits per heavy atom. The van der Waals surface area contributed by atoms with Crippen LogP contribution < -0.4 is 5.32 Å². The standard InChI is InChI=1S/C15H24N4/c1-9-17-18-14(8-16-2)19(9)15-12-4-10-3-11(6-12)7-13(15)5-10/h10-13,15-16H,3-8H2,1-2H3. The lowest BCUT2D eigenvalue weighted by Crippen LogP contribution is -2.46. The number of nitrogens with one attached hydrogen (secondary N) is 1. The van der Waals surface area contributed by atoms with E-state index in [1.165, 1.54) is 32.1 Å². The van der Waals surface area contributed by atoms with Crippen molar-refractivity contribution in [3.8, 4) is 0 Å². The first-order chi connectivity index (χ1) is 9.26. The number of rotatable bonds is 3. The van der Waals surface area contributed by atoms with Crippen molar-refractivity contribution in [2.24, 2.45) is 23.7 Å². The third kappa shape index (κ3) is 1.76. The molecule has 4 heteroatoms. The third-order valence-electron chi connectivity index (χ3n) is 5.75. The van der Waals surface area contributed by atoms with Gasteiger partial charge in [-0.15, -0.1) is 10.2 Å². The number of hydrogen-bond donors (Lipinski definition) is 1. The van der Waals surface area contributed by atoms with Crippen molar-refractivity contribution >= 4 is 0 Å². The zero-order valence-electron chi connectivity index (χ0n) is 12.0. The predicted octanol–water partition coefficient (Wildman–Crippen LogP) is 2.30. The summed E-state index contributed by atoms with van der Waals surface area (Å²) in [6.45, 7) is 2.96. The van der Waals surface area contributed by atoms with Crippen LogP contribution >= 0.6 is 0 Å². The van der Waals surface area contributed by atoms with E-state index in [1.807, 2.05) is 7.05 Å². The molecule has 4 saturated carbocycles. The van der Waals surface area contributed by atoms with Crippen LogP contribution in [0.3, 0.4) is 0 Å². The lowest BCUT2D eigenvalue weighted by Gasteiger charge is -2.55. The average Bonchev–Trinajstić information content (AvgIpc) is 2.71. The summed E-state index contributed by atoms with van der Waals surface area (Å²) in [5.41, 5.74) is 0. The van der Waals surface area contributed by atoms with E-state index in [0.717, 1.165) is 41.9 Å². The number of nitrogens with zero attached hydrogens (tertiary/aromatic N) is 3. The monoisotopic (exact) mass is 260 g/mol. The minimum Gasteiger partial charge on any atom is -0.313 e. The molecule has 0 aliphatic heterocycles. The van der Waals surface area contributed by atoms with Gasteiger partial charge >= 0.3 is 0 Å². The SMILES string of the molecule is CNCc1nnc(C)n1C1C2CC3CC(C2)CC1C3. The molecule has 0 aromatic carbocycles. The van der Waals surface area contributed by atoms with E-state index in [4.69, 9.17) is 0 Å². The number of aromatic nitrogens is 3. The fourth-order valence-corrected chi connectivity index (χ4v) is 5.40. The van der Waals surface area contributed by atoms with E-state index >= 15 is 0 Å². The van der Waals surface area contributed by atoms with Crippen molar-refractivity contribution in [2.75, 3.05) is 7.05 Å². The summed E-state index contributed by atoms with van der Waals surface area (Å²) in [6, 6.07) is 0.686. The zero-order chi connectivity index (χ0) is 13.0. The van der Waals surface area contributed by atoms with Crippen molar-refractivity contribution in [2.45, 2.75) is 51.6 Å². The zero-order valence-corrected chi connectivity index (χ0v) is 12.0. The van der Waals surface area contributed by atoms with Gasteiger partial charge in [-0.1, -0.05) is 0 Å². The molecule has 4 fully saturated rings. The highest BCUT2D eigenvalue weighted by atomic mass is 15.3.